The smallest absolute Gasteiger partial charge is 0.136 e. The Morgan fingerprint density at radius 1 is 0.333 bits per heavy atom. The van der Waals surface area contributed by atoms with E-state index in [1.54, 1.807) is 0 Å². The molecule has 0 N–H and O–H groups in total. The fraction of sp³-hybridized carbons (Fsp3) is 0. The number of fused-ring (bicyclic) bond motifs is 6. The SMILES string of the molecule is c1ccc(-c2ccccc2-c2ccccc2-c2ccccc2N(c2ccc(-c3ccc4c(c3)oc3ccccc34)cc2)c2cccc3sc4ccccc4c23)cc1. The zero-order valence-corrected chi connectivity index (χ0v) is 31.8. The highest BCUT2D eigenvalue weighted by Crippen LogP contribution is 2.49. The number of thiophene rings is 1. The highest BCUT2D eigenvalue weighted by atomic mass is 32.1. The fourth-order valence-electron chi connectivity index (χ4n) is 8.50. The molecule has 0 aliphatic heterocycles. The minimum atomic E-state index is 0.900. The van der Waals surface area contributed by atoms with E-state index in [1.165, 1.54) is 48.0 Å². The first-order chi connectivity index (χ1) is 28.3. The molecule has 0 fully saturated rings. The highest BCUT2D eigenvalue weighted by molar-refractivity contribution is 7.26. The number of hydrogen-bond acceptors (Lipinski definition) is 3. The van der Waals surface area contributed by atoms with Crippen LogP contribution in [0.4, 0.5) is 17.1 Å². The molecule has 0 aliphatic carbocycles. The summed E-state index contributed by atoms with van der Waals surface area (Å²) in [6, 6.07) is 76.5. The number of hydrogen-bond donors (Lipinski definition) is 0. The van der Waals surface area contributed by atoms with Crippen molar-refractivity contribution in [2.24, 2.45) is 0 Å². The predicted molar refractivity (Wildman–Crippen MR) is 243 cm³/mol. The quantitative estimate of drug-likeness (QED) is 0.162. The Labute approximate surface area is 335 Å². The minimum Gasteiger partial charge on any atom is -0.456 e. The standard InChI is InChI=1S/C54H35NOS/c1-2-15-37(16-3-1)40-17-4-5-18-41(40)42-19-6-7-20-43(42)44-21-8-11-24-48(44)55(49-25-14-28-53-54(49)47-23-10-13-27-52(47)57-53)39-32-29-36(30-33-39)38-31-34-46-45-22-9-12-26-50(45)56-51(46)35-38/h1-35H. The first-order valence-electron chi connectivity index (χ1n) is 19.3. The molecule has 0 aliphatic rings. The van der Waals surface area contributed by atoms with Crippen LogP contribution in [0.1, 0.15) is 0 Å². The predicted octanol–water partition coefficient (Wildman–Crippen LogP) is 16.1. The molecule has 0 amide bonds. The lowest BCUT2D eigenvalue weighted by molar-refractivity contribution is 0.669. The Hall–Kier alpha value is -7.20. The molecule has 0 saturated carbocycles. The van der Waals surface area contributed by atoms with Gasteiger partial charge in [-0.05, 0) is 93.5 Å². The van der Waals surface area contributed by atoms with Crippen LogP contribution in [0.3, 0.4) is 0 Å². The fourth-order valence-corrected chi connectivity index (χ4v) is 9.62. The molecule has 0 saturated heterocycles. The maximum atomic E-state index is 6.28. The summed E-state index contributed by atoms with van der Waals surface area (Å²) in [7, 11) is 0. The second-order valence-corrected chi connectivity index (χ2v) is 15.5. The summed E-state index contributed by atoms with van der Waals surface area (Å²) in [5, 5.41) is 4.80. The van der Waals surface area contributed by atoms with Crippen LogP contribution in [-0.4, -0.2) is 0 Å². The minimum absolute atomic E-state index is 0.900. The van der Waals surface area contributed by atoms with Crippen molar-refractivity contribution in [3.63, 3.8) is 0 Å². The molecule has 0 spiro atoms. The van der Waals surface area contributed by atoms with Crippen molar-refractivity contribution in [3.8, 4) is 44.5 Å². The van der Waals surface area contributed by atoms with Gasteiger partial charge in [0.15, 0.2) is 0 Å². The second-order valence-electron chi connectivity index (χ2n) is 14.4. The number of benzene rings is 9. The van der Waals surface area contributed by atoms with Crippen LogP contribution in [-0.2, 0) is 0 Å². The van der Waals surface area contributed by atoms with Crippen molar-refractivity contribution in [2.45, 2.75) is 0 Å². The lowest BCUT2D eigenvalue weighted by atomic mass is 9.88. The van der Waals surface area contributed by atoms with Gasteiger partial charge in [0, 0.05) is 42.2 Å². The molecule has 0 unspecified atom stereocenters. The molecule has 2 nitrogen and oxygen atoms in total. The largest absolute Gasteiger partial charge is 0.456 e. The van der Waals surface area contributed by atoms with Gasteiger partial charge in [-0.15, -0.1) is 11.3 Å². The van der Waals surface area contributed by atoms with Gasteiger partial charge < -0.3 is 9.32 Å². The van der Waals surface area contributed by atoms with Gasteiger partial charge in [0.2, 0.25) is 0 Å². The third-order valence-electron chi connectivity index (χ3n) is 11.1. The number of anilines is 3. The normalized spacial score (nSPS) is 11.5. The van der Waals surface area contributed by atoms with Crippen molar-refractivity contribution >= 4 is 70.5 Å². The van der Waals surface area contributed by atoms with E-state index in [0.29, 0.717) is 0 Å². The van der Waals surface area contributed by atoms with Crippen LogP contribution in [0.15, 0.2) is 217 Å². The van der Waals surface area contributed by atoms with E-state index in [4.69, 9.17) is 4.42 Å². The molecule has 0 bridgehead atoms. The van der Waals surface area contributed by atoms with Crippen LogP contribution in [0.2, 0.25) is 0 Å². The molecule has 0 atom stereocenters. The van der Waals surface area contributed by atoms with Gasteiger partial charge in [0.1, 0.15) is 11.2 Å². The second kappa shape index (κ2) is 13.8. The van der Waals surface area contributed by atoms with Gasteiger partial charge in [0.05, 0.1) is 11.4 Å². The molecule has 2 aromatic heterocycles. The summed E-state index contributed by atoms with van der Waals surface area (Å²) in [4.78, 5) is 2.46. The van der Waals surface area contributed by atoms with E-state index in [-0.39, 0.29) is 0 Å². The van der Waals surface area contributed by atoms with E-state index in [1.807, 2.05) is 23.5 Å². The van der Waals surface area contributed by atoms with Crippen molar-refractivity contribution in [1.82, 2.24) is 0 Å². The van der Waals surface area contributed by atoms with E-state index in [9.17, 15) is 0 Å². The number of para-hydroxylation sites is 2. The van der Waals surface area contributed by atoms with E-state index in [2.05, 4.69) is 205 Å². The lowest BCUT2D eigenvalue weighted by Crippen LogP contribution is -2.11. The summed E-state index contributed by atoms with van der Waals surface area (Å²) in [5.41, 5.74) is 14.6. The monoisotopic (exact) mass is 745 g/mol. The Morgan fingerprint density at radius 3 is 1.70 bits per heavy atom. The van der Waals surface area contributed by atoms with Crippen molar-refractivity contribution in [1.29, 1.82) is 0 Å². The maximum Gasteiger partial charge on any atom is 0.136 e. The molecular formula is C54H35NOS. The molecule has 57 heavy (non-hydrogen) atoms. The Kier molecular flexibility index (Phi) is 8.04. The van der Waals surface area contributed by atoms with E-state index >= 15 is 0 Å². The van der Waals surface area contributed by atoms with Crippen molar-refractivity contribution in [3.05, 3.63) is 212 Å². The Bertz CT molecular complexity index is 3250. The molecule has 11 rings (SSSR count). The average Bonchev–Trinajstić information content (AvgIpc) is 3.86. The summed E-state index contributed by atoms with van der Waals surface area (Å²) in [6.07, 6.45) is 0. The van der Waals surface area contributed by atoms with Crippen molar-refractivity contribution in [2.75, 3.05) is 4.90 Å². The third kappa shape index (κ3) is 5.71. The van der Waals surface area contributed by atoms with Crippen LogP contribution in [0.25, 0.3) is 86.6 Å². The molecule has 3 heteroatoms. The van der Waals surface area contributed by atoms with Gasteiger partial charge in [0.25, 0.3) is 0 Å². The summed E-state index contributed by atoms with van der Waals surface area (Å²) < 4.78 is 8.83. The summed E-state index contributed by atoms with van der Waals surface area (Å²) in [6.45, 7) is 0. The average molecular weight is 746 g/mol. The maximum absolute atomic E-state index is 6.28. The number of rotatable bonds is 7. The highest BCUT2D eigenvalue weighted by Gasteiger charge is 2.23. The molecule has 268 valence electrons. The first-order valence-corrected chi connectivity index (χ1v) is 20.2. The molecule has 2 heterocycles. The van der Waals surface area contributed by atoms with E-state index in [0.717, 1.165) is 55.7 Å². The first kappa shape index (κ1) is 33.2. The molecule has 11 aromatic rings. The van der Waals surface area contributed by atoms with Crippen LogP contribution in [0, 0.1) is 0 Å². The van der Waals surface area contributed by atoms with Gasteiger partial charge >= 0.3 is 0 Å². The summed E-state index contributed by atoms with van der Waals surface area (Å²) >= 11 is 1.85. The van der Waals surface area contributed by atoms with Gasteiger partial charge in [-0.2, -0.15) is 0 Å². The van der Waals surface area contributed by atoms with Crippen LogP contribution < -0.4 is 4.90 Å². The zero-order chi connectivity index (χ0) is 37.7. The molecular weight excluding hydrogens is 711 g/mol. The zero-order valence-electron chi connectivity index (χ0n) is 31.0. The third-order valence-corrected chi connectivity index (χ3v) is 12.3. The van der Waals surface area contributed by atoms with Gasteiger partial charge in [-0.25, -0.2) is 0 Å². The van der Waals surface area contributed by atoms with Crippen LogP contribution >= 0.6 is 11.3 Å². The molecule has 9 aromatic carbocycles. The molecule has 0 radical (unpaired) electrons. The van der Waals surface area contributed by atoms with Crippen LogP contribution in [0.5, 0.6) is 0 Å². The topological polar surface area (TPSA) is 16.4 Å². The van der Waals surface area contributed by atoms with Gasteiger partial charge in [-0.1, -0.05) is 158 Å². The van der Waals surface area contributed by atoms with Gasteiger partial charge in [-0.3, -0.25) is 0 Å². The van der Waals surface area contributed by atoms with Crippen molar-refractivity contribution < 1.29 is 4.42 Å². The number of nitrogens with zero attached hydrogens (tertiary/aromatic N) is 1. The number of furan rings is 1. The summed E-state index contributed by atoms with van der Waals surface area (Å²) in [5.74, 6) is 0. The Morgan fingerprint density at radius 2 is 0.895 bits per heavy atom. The Balaban J connectivity index is 1.10. The van der Waals surface area contributed by atoms with E-state index < -0.39 is 0 Å². The lowest BCUT2D eigenvalue weighted by Gasteiger charge is -2.29.